The van der Waals surface area contributed by atoms with Gasteiger partial charge in [-0.15, -0.1) is 0 Å². The first-order chi connectivity index (χ1) is 6.85. The lowest BCUT2D eigenvalue weighted by Gasteiger charge is -2.48. The number of hydrogen-bond acceptors (Lipinski definition) is 3. The zero-order valence-electron chi connectivity index (χ0n) is 9.79. The van der Waals surface area contributed by atoms with Gasteiger partial charge in [0, 0.05) is 12.3 Å². The summed E-state index contributed by atoms with van der Waals surface area (Å²) >= 11 is 0. The maximum absolute atomic E-state index is 10.9. The average Bonchev–Trinajstić information content (AvgIpc) is 2.27. The summed E-state index contributed by atoms with van der Waals surface area (Å²) in [5.74, 6) is -0.122. The van der Waals surface area contributed by atoms with E-state index in [0.717, 1.165) is 12.8 Å². The fourth-order valence-corrected chi connectivity index (χ4v) is 2.52. The van der Waals surface area contributed by atoms with E-state index in [1.165, 1.54) is 6.92 Å². The topological polar surface area (TPSA) is 47.6 Å². The van der Waals surface area contributed by atoms with Crippen molar-refractivity contribution in [1.82, 2.24) is 5.32 Å². The summed E-state index contributed by atoms with van der Waals surface area (Å²) in [6.07, 6.45) is 1.58. The lowest BCUT2D eigenvalue weighted by Crippen LogP contribution is -2.57. The van der Waals surface area contributed by atoms with Crippen LogP contribution in [0.15, 0.2) is 0 Å². The molecule has 0 aromatic rings. The van der Waals surface area contributed by atoms with Gasteiger partial charge in [-0.3, -0.25) is 4.79 Å². The summed E-state index contributed by atoms with van der Waals surface area (Å²) in [7, 11) is 0. The first-order valence-electron chi connectivity index (χ1n) is 5.45. The Bertz CT molecular complexity index is 290. The van der Waals surface area contributed by atoms with Crippen LogP contribution in [-0.2, 0) is 14.3 Å². The summed E-state index contributed by atoms with van der Waals surface area (Å²) in [6, 6.07) is 0. The normalized spacial score (nSPS) is 42.7. The van der Waals surface area contributed by atoms with Crippen molar-refractivity contribution < 1.29 is 14.3 Å². The molecule has 1 amide bonds. The molecule has 1 aliphatic carbocycles. The summed E-state index contributed by atoms with van der Waals surface area (Å²) in [6.45, 7) is 7.89. The number of fused-ring (bicyclic) bond motifs is 2. The molecule has 0 spiro atoms. The first kappa shape index (κ1) is 10.9. The Morgan fingerprint density at radius 1 is 1.40 bits per heavy atom. The second-order valence-corrected chi connectivity index (χ2v) is 5.27. The molecular weight excluding hydrogens is 194 g/mol. The van der Waals surface area contributed by atoms with Crippen LogP contribution in [0.5, 0.6) is 0 Å². The van der Waals surface area contributed by atoms with Gasteiger partial charge in [0.15, 0.2) is 0 Å². The maximum atomic E-state index is 10.9. The van der Waals surface area contributed by atoms with Crippen LogP contribution in [0.3, 0.4) is 0 Å². The van der Waals surface area contributed by atoms with Crippen LogP contribution in [0, 0.1) is 5.41 Å². The van der Waals surface area contributed by atoms with E-state index < -0.39 is 6.41 Å². The number of nitrogens with one attached hydrogen (secondary N) is 1. The minimum atomic E-state index is -0.576. The van der Waals surface area contributed by atoms with Gasteiger partial charge < -0.3 is 14.8 Å². The molecule has 2 bridgehead atoms. The van der Waals surface area contributed by atoms with Gasteiger partial charge in [0.1, 0.15) is 0 Å². The van der Waals surface area contributed by atoms with E-state index in [1.54, 1.807) is 0 Å². The molecule has 3 atom stereocenters. The fraction of sp³-hybridized carbons (Fsp3) is 0.909. The molecule has 2 aliphatic rings. The molecule has 2 fully saturated rings. The lowest BCUT2D eigenvalue weighted by atomic mass is 9.77. The Hall–Kier alpha value is -0.610. The third kappa shape index (κ3) is 1.56. The molecule has 1 saturated carbocycles. The van der Waals surface area contributed by atoms with Crippen molar-refractivity contribution in [3.63, 3.8) is 0 Å². The van der Waals surface area contributed by atoms with Crippen LogP contribution < -0.4 is 5.32 Å². The third-order valence-electron chi connectivity index (χ3n) is 4.03. The van der Waals surface area contributed by atoms with Gasteiger partial charge in [-0.2, -0.15) is 0 Å². The Balaban J connectivity index is 2.14. The van der Waals surface area contributed by atoms with E-state index >= 15 is 0 Å². The predicted octanol–water partition coefficient (Wildman–Crippen LogP) is 1.40. The molecule has 0 aromatic carbocycles. The Kier molecular flexibility index (Phi) is 2.32. The lowest BCUT2D eigenvalue weighted by molar-refractivity contribution is -0.311. The molecule has 4 nitrogen and oxygen atoms in total. The SMILES string of the molecule is CC(=O)NC1OC2CCC(C)(O1)C2(C)C. The Labute approximate surface area is 90.3 Å². The van der Waals surface area contributed by atoms with E-state index in [0.29, 0.717) is 0 Å². The average molecular weight is 213 g/mol. The van der Waals surface area contributed by atoms with Crippen LogP contribution >= 0.6 is 0 Å². The number of hydrogen-bond donors (Lipinski definition) is 1. The smallest absolute Gasteiger partial charge is 0.240 e. The molecule has 1 aliphatic heterocycles. The van der Waals surface area contributed by atoms with E-state index in [4.69, 9.17) is 9.47 Å². The molecule has 15 heavy (non-hydrogen) atoms. The number of rotatable bonds is 1. The zero-order chi connectivity index (χ0) is 11.3. The van der Waals surface area contributed by atoms with Crippen molar-refractivity contribution >= 4 is 5.91 Å². The monoisotopic (exact) mass is 213 g/mol. The molecule has 0 radical (unpaired) electrons. The second kappa shape index (κ2) is 3.19. The van der Waals surface area contributed by atoms with Crippen molar-refractivity contribution in [2.24, 2.45) is 5.41 Å². The molecule has 0 aromatic heterocycles. The second-order valence-electron chi connectivity index (χ2n) is 5.27. The highest BCUT2D eigenvalue weighted by molar-refractivity contribution is 5.72. The van der Waals surface area contributed by atoms with E-state index in [2.05, 4.69) is 26.1 Å². The van der Waals surface area contributed by atoms with Gasteiger partial charge in [-0.1, -0.05) is 13.8 Å². The zero-order valence-corrected chi connectivity index (χ0v) is 9.79. The van der Waals surface area contributed by atoms with E-state index in [9.17, 15) is 4.79 Å². The standard InChI is InChI=1S/C11H19NO3/c1-7(13)12-9-14-8-5-6-11(4,15-9)10(8,2)3/h8-9H,5-6H2,1-4H3,(H,12,13). The van der Waals surface area contributed by atoms with Crippen molar-refractivity contribution in [1.29, 1.82) is 0 Å². The van der Waals surface area contributed by atoms with Crippen molar-refractivity contribution in [2.75, 3.05) is 0 Å². The molecule has 1 N–H and O–H groups in total. The molecule has 1 heterocycles. The van der Waals surface area contributed by atoms with Gasteiger partial charge in [0.25, 0.3) is 0 Å². The van der Waals surface area contributed by atoms with Crippen molar-refractivity contribution in [3.8, 4) is 0 Å². The van der Waals surface area contributed by atoms with Crippen LogP contribution in [0.25, 0.3) is 0 Å². The van der Waals surface area contributed by atoms with Crippen LogP contribution in [0.2, 0.25) is 0 Å². The first-order valence-corrected chi connectivity index (χ1v) is 5.45. The van der Waals surface area contributed by atoms with E-state index in [-0.39, 0.29) is 23.0 Å². The molecule has 1 saturated heterocycles. The highest BCUT2D eigenvalue weighted by Crippen LogP contribution is 2.53. The highest BCUT2D eigenvalue weighted by Gasteiger charge is 2.58. The summed E-state index contributed by atoms with van der Waals surface area (Å²) < 4.78 is 11.6. The molecule has 86 valence electrons. The van der Waals surface area contributed by atoms with E-state index in [1.807, 2.05) is 0 Å². The highest BCUT2D eigenvalue weighted by atomic mass is 16.7. The van der Waals surface area contributed by atoms with Crippen molar-refractivity contribution in [3.05, 3.63) is 0 Å². The number of ether oxygens (including phenoxy) is 2. The predicted molar refractivity (Wildman–Crippen MR) is 55.0 cm³/mol. The van der Waals surface area contributed by atoms with Gasteiger partial charge >= 0.3 is 0 Å². The minimum Gasteiger partial charge on any atom is -0.331 e. The van der Waals surface area contributed by atoms with Crippen molar-refractivity contribution in [2.45, 2.75) is 58.7 Å². The summed E-state index contributed by atoms with van der Waals surface area (Å²) in [5.41, 5.74) is -0.176. The molecule has 2 rings (SSSR count). The quantitative estimate of drug-likeness (QED) is 0.716. The summed E-state index contributed by atoms with van der Waals surface area (Å²) in [4.78, 5) is 10.9. The minimum absolute atomic E-state index is 0.0158. The molecule has 4 heteroatoms. The third-order valence-corrected chi connectivity index (χ3v) is 4.03. The van der Waals surface area contributed by atoms with Crippen LogP contribution in [0.1, 0.15) is 40.5 Å². The maximum Gasteiger partial charge on any atom is 0.240 e. The van der Waals surface area contributed by atoms with Crippen LogP contribution in [-0.4, -0.2) is 24.0 Å². The van der Waals surface area contributed by atoms with Gasteiger partial charge in [-0.25, -0.2) is 0 Å². The van der Waals surface area contributed by atoms with Gasteiger partial charge in [0.05, 0.1) is 11.7 Å². The fourth-order valence-electron chi connectivity index (χ4n) is 2.52. The number of carbonyl (C=O) groups excluding carboxylic acids is 1. The van der Waals surface area contributed by atoms with Gasteiger partial charge in [0.2, 0.25) is 12.3 Å². The Morgan fingerprint density at radius 3 is 2.60 bits per heavy atom. The largest absolute Gasteiger partial charge is 0.331 e. The van der Waals surface area contributed by atoms with Gasteiger partial charge in [-0.05, 0) is 19.8 Å². The number of carbonyl (C=O) groups is 1. The van der Waals surface area contributed by atoms with Crippen LogP contribution in [0.4, 0.5) is 0 Å². The molecular formula is C11H19NO3. The number of amides is 1. The Morgan fingerprint density at radius 2 is 2.07 bits per heavy atom. The molecule has 3 unspecified atom stereocenters. The summed E-state index contributed by atoms with van der Waals surface area (Å²) in [5, 5.41) is 2.66.